The largest absolute Gasteiger partial charge is 0.349 e. The second kappa shape index (κ2) is 6.51. The number of hydrogen-bond donors (Lipinski definition) is 1. The van der Waals surface area contributed by atoms with Gasteiger partial charge in [0, 0.05) is 10.7 Å². The molecule has 1 aliphatic carbocycles. The van der Waals surface area contributed by atoms with Crippen LogP contribution in [0.1, 0.15) is 52.1 Å². The molecular formula is C18H26BrNO. The van der Waals surface area contributed by atoms with Gasteiger partial charge in [-0.1, -0.05) is 67.0 Å². The van der Waals surface area contributed by atoms with Crippen molar-refractivity contribution in [1.29, 1.82) is 0 Å². The number of rotatable bonds is 3. The van der Waals surface area contributed by atoms with E-state index in [4.69, 9.17) is 0 Å². The third-order valence-electron chi connectivity index (χ3n) is 4.73. The van der Waals surface area contributed by atoms with E-state index in [1.54, 1.807) is 0 Å². The Balaban J connectivity index is 2.08. The second-order valence-electron chi connectivity index (χ2n) is 7.12. The summed E-state index contributed by atoms with van der Waals surface area (Å²) in [6.07, 6.45) is 2.12. The molecule has 116 valence electrons. The van der Waals surface area contributed by atoms with Crippen molar-refractivity contribution in [2.45, 2.75) is 51.4 Å². The van der Waals surface area contributed by atoms with Crippen LogP contribution >= 0.6 is 15.9 Å². The number of amides is 1. The van der Waals surface area contributed by atoms with Gasteiger partial charge in [0.05, 0.1) is 6.04 Å². The number of halogens is 1. The molecule has 0 bridgehead atoms. The Morgan fingerprint density at radius 2 is 1.95 bits per heavy atom. The molecule has 0 radical (unpaired) electrons. The molecule has 1 amide bonds. The molecule has 0 saturated heterocycles. The third-order valence-corrected chi connectivity index (χ3v) is 5.42. The Bertz CT molecular complexity index is 485. The highest BCUT2D eigenvalue weighted by Crippen LogP contribution is 2.46. The van der Waals surface area contributed by atoms with Gasteiger partial charge in [-0.25, -0.2) is 0 Å². The van der Waals surface area contributed by atoms with E-state index in [0.717, 1.165) is 18.4 Å². The summed E-state index contributed by atoms with van der Waals surface area (Å²) in [5.74, 6) is 0.682. The summed E-state index contributed by atoms with van der Waals surface area (Å²) < 4.78 is 0. The molecule has 1 aliphatic rings. The van der Waals surface area contributed by atoms with Crippen molar-refractivity contribution in [3.05, 3.63) is 35.9 Å². The van der Waals surface area contributed by atoms with Crippen molar-refractivity contribution in [3.8, 4) is 0 Å². The summed E-state index contributed by atoms with van der Waals surface area (Å²) >= 11 is 3.74. The summed E-state index contributed by atoms with van der Waals surface area (Å²) in [5, 5.41) is 3.21. The van der Waals surface area contributed by atoms with E-state index in [0.29, 0.717) is 10.7 Å². The van der Waals surface area contributed by atoms with Crippen molar-refractivity contribution in [1.82, 2.24) is 5.32 Å². The van der Waals surface area contributed by atoms with Gasteiger partial charge in [0.2, 0.25) is 5.91 Å². The SMILES string of the molecule is CC1C[C@@H](Br)CC(C)(C)[C@H]1C(=O)N[C@H](C)c1ccccc1. The fourth-order valence-corrected chi connectivity index (χ4v) is 5.26. The van der Waals surface area contributed by atoms with Crippen LogP contribution in [-0.4, -0.2) is 10.7 Å². The fraction of sp³-hybridized carbons (Fsp3) is 0.611. The summed E-state index contributed by atoms with van der Waals surface area (Å²) in [6, 6.07) is 10.2. The van der Waals surface area contributed by atoms with Crippen LogP contribution in [0.2, 0.25) is 0 Å². The van der Waals surface area contributed by atoms with E-state index in [9.17, 15) is 4.79 Å². The van der Waals surface area contributed by atoms with Crippen LogP contribution in [-0.2, 0) is 4.79 Å². The minimum Gasteiger partial charge on any atom is -0.349 e. The molecule has 1 aromatic rings. The van der Waals surface area contributed by atoms with Crippen molar-refractivity contribution < 1.29 is 4.79 Å². The van der Waals surface area contributed by atoms with Gasteiger partial charge in [0.15, 0.2) is 0 Å². The first-order valence-corrected chi connectivity index (χ1v) is 8.72. The second-order valence-corrected chi connectivity index (χ2v) is 8.42. The monoisotopic (exact) mass is 351 g/mol. The van der Waals surface area contributed by atoms with Gasteiger partial charge < -0.3 is 5.32 Å². The number of benzene rings is 1. The minimum absolute atomic E-state index is 0.0341. The molecule has 1 saturated carbocycles. The number of nitrogens with one attached hydrogen (secondary N) is 1. The molecule has 0 heterocycles. The topological polar surface area (TPSA) is 29.1 Å². The molecule has 1 aromatic carbocycles. The van der Waals surface area contributed by atoms with Crippen LogP contribution in [0.5, 0.6) is 0 Å². The maximum absolute atomic E-state index is 12.8. The summed E-state index contributed by atoms with van der Waals surface area (Å²) in [5.41, 5.74) is 1.19. The smallest absolute Gasteiger partial charge is 0.224 e. The molecule has 3 heteroatoms. The van der Waals surface area contributed by atoms with E-state index < -0.39 is 0 Å². The highest BCUT2D eigenvalue weighted by molar-refractivity contribution is 9.09. The number of hydrogen-bond acceptors (Lipinski definition) is 1. The number of carbonyl (C=O) groups is 1. The van der Waals surface area contributed by atoms with Crippen molar-refractivity contribution in [2.75, 3.05) is 0 Å². The van der Waals surface area contributed by atoms with E-state index in [1.165, 1.54) is 0 Å². The summed E-state index contributed by atoms with van der Waals surface area (Å²) in [6.45, 7) is 8.69. The highest BCUT2D eigenvalue weighted by Gasteiger charge is 2.44. The first-order valence-electron chi connectivity index (χ1n) is 7.80. The van der Waals surface area contributed by atoms with Crippen molar-refractivity contribution in [2.24, 2.45) is 17.3 Å². The first-order chi connectivity index (χ1) is 9.81. The normalized spacial score (nSPS) is 29.7. The summed E-state index contributed by atoms with van der Waals surface area (Å²) in [4.78, 5) is 13.3. The van der Waals surface area contributed by atoms with Gasteiger partial charge in [0.1, 0.15) is 0 Å². The maximum Gasteiger partial charge on any atom is 0.224 e. The Hall–Kier alpha value is -0.830. The predicted octanol–water partition coefficient (Wildman–Crippen LogP) is 4.70. The average molecular weight is 352 g/mol. The van der Waals surface area contributed by atoms with Gasteiger partial charge in [-0.2, -0.15) is 0 Å². The standard InChI is InChI=1S/C18H26BrNO/c1-12-10-15(19)11-18(3,4)16(12)17(21)20-13(2)14-8-6-5-7-9-14/h5-9,12-13,15-16H,10-11H2,1-4H3,(H,20,21)/t12?,13-,15-,16-/m1/s1. The van der Waals surface area contributed by atoms with Crippen LogP contribution in [0.15, 0.2) is 30.3 Å². The molecule has 2 rings (SSSR count). The van der Waals surface area contributed by atoms with E-state index >= 15 is 0 Å². The lowest BCUT2D eigenvalue weighted by atomic mass is 9.63. The molecule has 0 spiro atoms. The van der Waals surface area contributed by atoms with Gasteiger partial charge in [-0.15, -0.1) is 0 Å². The highest BCUT2D eigenvalue weighted by atomic mass is 79.9. The number of carbonyl (C=O) groups excluding carboxylic acids is 1. The van der Waals surface area contributed by atoms with E-state index in [2.05, 4.69) is 61.1 Å². The third kappa shape index (κ3) is 3.88. The quantitative estimate of drug-likeness (QED) is 0.785. The van der Waals surface area contributed by atoms with Crippen LogP contribution in [0, 0.1) is 17.3 Å². The molecule has 4 atom stereocenters. The van der Waals surface area contributed by atoms with Gasteiger partial charge in [0.25, 0.3) is 0 Å². The fourth-order valence-electron chi connectivity index (χ4n) is 3.83. The lowest BCUT2D eigenvalue weighted by Crippen LogP contribution is -2.47. The molecule has 1 fully saturated rings. The minimum atomic E-state index is 0.0341. The molecule has 1 N–H and O–H groups in total. The molecule has 1 unspecified atom stereocenters. The van der Waals surface area contributed by atoms with Crippen molar-refractivity contribution in [3.63, 3.8) is 0 Å². The molecule has 0 aromatic heterocycles. The zero-order valence-electron chi connectivity index (χ0n) is 13.4. The average Bonchev–Trinajstić information content (AvgIpc) is 2.37. The number of alkyl halides is 1. The Labute approximate surface area is 136 Å². The predicted molar refractivity (Wildman–Crippen MR) is 91.4 cm³/mol. The Morgan fingerprint density at radius 1 is 1.33 bits per heavy atom. The zero-order valence-corrected chi connectivity index (χ0v) is 15.0. The molecular weight excluding hydrogens is 326 g/mol. The van der Waals surface area contributed by atoms with Gasteiger partial charge >= 0.3 is 0 Å². The van der Waals surface area contributed by atoms with Gasteiger partial charge in [-0.05, 0) is 36.7 Å². The van der Waals surface area contributed by atoms with Crippen LogP contribution < -0.4 is 5.32 Å². The lowest BCUT2D eigenvalue weighted by molar-refractivity contribution is -0.133. The molecule has 0 aliphatic heterocycles. The molecule has 21 heavy (non-hydrogen) atoms. The van der Waals surface area contributed by atoms with Gasteiger partial charge in [-0.3, -0.25) is 4.79 Å². The summed E-state index contributed by atoms with van der Waals surface area (Å²) in [7, 11) is 0. The van der Waals surface area contributed by atoms with Crippen LogP contribution in [0.4, 0.5) is 0 Å². The Kier molecular flexibility index (Phi) is 5.13. The maximum atomic E-state index is 12.8. The molecule has 2 nitrogen and oxygen atoms in total. The Morgan fingerprint density at radius 3 is 2.52 bits per heavy atom. The zero-order chi connectivity index (χ0) is 15.6. The van der Waals surface area contributed by atoms with E-state index in [1.807, 2.05) is 18.2 Å². The van der Waals surface area contributed by atoms with Crippen LogP contribution in [0.3, 0.4) is 0 Å². The van der Waals surface area contributed by atoms with Crippen molar-refractivity contribution >= 4 is 21.8 Å². The first kappa shape index (κ1) is 16.5. The van der Waals surface area contributed by atoms with E-state index in [-0.39, 0.29) is 23.3 Å². The van der Waals surface area contributed by atoms with Crippen LogP contribution in [0.25, 0.3) is 0 Å². The lowest BCUT2D eigenvalue weighted by Gasteiger charge is -2.44.